The van der Waals surface area contributed by atoms with Gasteiger partial charge in [0.15, 0.2) is 0 Å². The largest absolute Gasteiger partial charge is 0.496 e. The first-order chi connectivity index (χ1) is 12.1. The molecule has 0 bridgehead atoms. The van der Waals surface area contributed by atoms with Crippen LogP contribution in [0.15, 0.2) is 42.6 Å². The van der Waals surface area contributed by atoms with E-state index in [-0.39, 0.29) is 11.6 Å². The quantitative estimate of drug-likeness (QED) is 0.912. The van der Waals surface area contributed by atoms with Crippen molar-refractivity contribution in [2.75, 3.05) is 38.2 Å². The lowest BCUT2D eigenvalue weighted by Crippen LogP contribution is -2.48. The molecule has 0 radical (unpaired) electrons. The normalized spacial score (nSPS) is 14.3. The fourth-order valence-corrected chi connectivity index (χ4v) is 2.86. The van der Waals surface area contributed by atoms with Crippen LogP contribution in [-0.4, -0.2) is 60.2 Å². The van der Waals surface area contributed by atoms with Gasteiger partial charge in [-0.3, -0.25) is 4.79 Å². The average molecular weight is 341 g/mol. The van der Waals surface area contributed by atoms with Gasteiger partial charge in [-0.1, -0.05) is 12.1 Å². The first-order valence-electron chi connectivity index (χ1n) is 7.96. The van der Waals surface area contributed by atoms with Crippen LogP contribution in [0.5, 0.6) is 5.75 Å². The van der Waals surface area contributed by atoms with Crippen LogP contribution in [0.25, 0.3) is 0 Å². The predicted molar refractivity (Wildman–Crippen MR) is 92.3 cm³/mol. The summed E-state index contributed by atoms with van der Waals surface area (Å²) in [7, 11) is 1.55. The summed E-state index contributed by atoms with van der Waals surface area (Å²) < 4.78 is 5.26. The number of hydrogen-bond acceptors (Lipinski definition) is 5. The molecule has 1 aromatic carbocycles. The van der Waals surface area contributed by atoms with E-state index in [4.69, 9.17) is 9.84 Å². The maximum atomic E-state index is 12.7. The molecular weight excluding hydrogens is 322 g/mol. The number of amides is 1. The third-order valence-electron chi connectivity index (χ3n) is 4.24. The van der Waals surface area contributed by atoms with Crippen molar-refractivity contribution in [1.82, 2.24) is 9.88 Å². The number of nitrogens with zero attached hydrogens (tertiary/aromatic N) is 3. The third-order valence-corrected chi connectivity index (χ3v) is 4.24. The summed E-state index contributed by atoms with van der Waals surface area (Å²) in [6, 6.07) is 10.4. The van der Waals surface area contributed by atoms with E-state index in [1.807, 2.05) is 12.1 Å². The third kappa shape index (κ3) is 3.55. The number of carboxylic acid groups (broad SMARTS) is 1. The zero-order chi connectivity index (χ0) is 17.8. The first kappa shape index (κ1) is 16.8. The minimum absolute atomic E-state index is 0.0220. The molecule has 1 saturated heterocycles. The van der Waals surface area contributed by atoms with Crippen molar-refractivity contribution in [3.63, 3.8) is 0 Å². The van der Waals surface area contributed by atoms with Crippen LogP contribution in [0.4, 0.5) is 5.69 Å². The zero-order valence-corrected chi connectivity index (χ0v) is 13.9. The van der Waals surface area contributed by atoms with Gasteiger partial charge in [0.05, 0.1) is 24.6 Å². The van der Waals surface area contributed by atoms with Crippen molar-refractivity contribution >= 4 is 17.6 Å². The second-order valence-electron chi connectivity index (χ2n) is 5.69. The van der Waals surface area contributed by atoms with E-state index < -0.39 is 5.97 Å². The molecule has 1 aliphatic rings. The van der Waals surface area contributed by atoms with Gasteiger partial charge in [0.25, 0.3) is 5.91 Å². The number of pyridine rings is 1. The number of aromatic carboxylic acids is 1. The van der Waals surface area contributed by atoms with Crippen molar-refractivity contribution in [2.45, 2.75) is 0 Å². The summed E-state index contributed by atoms with van der Waals surface area (Å²) >= 11 is 0. The van der Waals surface area contributed by atoms with E-state index in [9.17, 15) is 9.59 Å². The van der Waals surface area contributed by atoms with Crippen LogP contribution in [0.2, 0.25) is 0 Å². The Morgan fingerprint density at radius 2 is 1.80 bits per heavy atom. The SMILES string of the molecule is COc1ccccc1C(=O)N1CCN(c2ccc(C(=O)O)nc2)CC1. The first-order valence-corrected chi connectivity index (χ1v) is 7.96. The van der Waals surface area contributed by atoms with Gasteiger partial charge < -0.3 is 19.6 Å². The molecule has 1 fully saturated rings. The molecule has 0 spiro atoms. The Morgan fingerprint density at radius 3 is 2.40 bits per heavy atom. The van der Waals surface area contributed by atoms with Gasteiger partial charge in [0.1, 0.15) is 11.4 Å². The van der Waals surface area contributed by atoms with Crippen molar-refractivity contribution in [3.8, 4) is 5.75 Å². The van der Waals surface area contributed by atoms with Crippen molar-refractivity contribution in [3.05, 3.63) is 53.9 Å². The van der Waals surface area contributed by atoms with Crippen molar-refractivity contribution < 1.29 is 19.4 Å². The lowest BCUT2D eigenvalue weighted by atomic mass is 10.1. The van der Waals surface area contributed by atoms with E-state index in [0.717, 1.165) is 5.69 Å². The Kier molecular flexibility index (Phi) is 4.83. The molecule has 25 heavy (non-hydrogen) atoms. The van der Waals surface area contributed by atoms with E-state index in [1.165, 1.54) is 6.07 Å². The number of rotatable bonds is 4. The van der Waals surface area contributed by atoms with Crippen LogP contribution in [0, 0.1) is 0 Å². The molecular formula is C18H19N3O4. The van der Waals surface area contributed by atoms with E-state index in [0.29, 0.717) is 37.5 Å². The number of anilines is 1. The predicted octanol–water partition coefficient (Wildman–Crippen LogP) is 1.75. The Labute approximate surface area is 145 Å². The van der Waals surface area contributed by atoms with E-state index in [2.05, 4.69) is 9.88 Å². The Morgan fingerprint density at radius 1 is 1.08 bits per heavy atom. The van der Waals surface area contributed by atoms with Crippen LogP contribution < -0.4 is 9.64 Å². The molecule has 0 saturated carbocycles. The zero-order valence-electron chi connectivity index (χ0n) is 13.9. The second-order valence-corrected chi connectivity index (χ2v) is 5.69. The topological polar surface area (TPSA) is 83.0 Å². The summed E-state index contributed by atoms with van der Waals surface area (Å²) in [5.41, 5.74) is 1.44. The van der Waals surface area contributed by atoms with Gasteiger partial charge in [-0.25, -0.2) is 9.78 Å². The number of hydrogen-bond donors (Lipinski definition) is 1. The summed E-state index contributed by atoms with van der Waals surface area (Å²) in [4.78, 5) is 31.4. The summed E-state index contributed by atoms with van der Waals surface area (Å²) in [6.45, 7) is 2.49. The lowest BCUT2D eigenvalue weighted by Gasteiger charge is -2.36. The molecule has 1 aromatic heterocycles. The molecule has 130 valence electrons. The number of ether oxygens (including phenoxy) is 1. The summed E-state index contributed by atoms with van der Waals surface area (Å²) in [5, 5.41) is 8.90. The number of aromatic nitrogens is 1. The maximum absolute atomic E-state index is 12.7. The van der Waals surface area contributed by atoms with Gasteiger partial charge in [-0.15, -0.1) is 0 Å². The highest BCUT2D eigenvalue weighted by molar-refractivity contribution is 5.97. The number of carboxylic acids is 1. The van der Waals surface area contributed by atoms with Crippen LogP contribution in [0.1, 0.15) is 20.8 Å². The fourth-order valence-electron chi connectivity index (χ4n) is 2.86. The number of para-hydroxylation sites is 1. The molecule has 3 rings (SSSR count). The average Bonchev–Trinajstić information content (AvgIpc) is 2.67. The smallest absolute Gasteiger partial charge is 0.354 e. The summed E-state index contributed by atoms with van der Waals surface area (Å²) in [6.07, 6.45) is 1.56. The van der Waals surface area contributed by atoms with Crippen molar-refractivity contribution in [2.24, 2.45) is 0 Å². The monoisotopic (exact) mass is 341 g/mol. The highest BCUT2D eigenvalue weighted by Gasteiger charge is 2.24. The molecule has 1 N–H and O–H groups in total. The number of piperazine rings is 1. The number of methoxy groups -OCH3 is 1. The molecule has 1 amide bonds. The van der Waals surface area contributed by atoms with Gasteiger partial charge in [-0.2, -0.15) is 0 Å². The van der Waals surface area contributed by atoms with Gasteiger partial charge in [0, 0.05) is 26.2 Å². The molecule has 2 aromatic rings. The van der Waals surface area contributed by atoms with Gasteiger partial charge in [0.2, 0.25) is 0 Å². The molecule has 0 aliphatic carbocycles. The van der Waals surface area contributed by atoms with Crippen molar-refractivity contribution in [1.29, 1.82) is 0 Å². The van der Waals surface area contributed by atoms with Crippen LogP contribution >= 0.6 is 0 Å². The Bertz CT molecular complexity index is 768. The molecule has 0 atom stereocenters. The van der Waals surface area contributed by atoms with E-state index in [1.54, 1.807) is 36.4 Å². The minimum Gasteiger partial charge on any atom is -0.496 e. The summed E-state index contributed by atoms with van der Waals surface area (Å²) in [5.74, 6) is -0.515. The lowest BCUT2D eigenvalue weighted by molar-refractivity contribution is 0.0688. The van der Waals surface area contributed by atoms with Crippen LogP contribution in [0.3, 0.4) is 0 Å². The van der Waals surface area contributed by atoms with Gasteiger partial charge >= 0.3 is 5.97 Å². The Hall–Kier alpha value is -3.09. The molecule has 1 aliphatic heterocycles. The molecule has 2 heterocycles. The number of benzene rings is 1. The Balaban J connectivity index is 1.65. The standard InChI is InChI=1S/C18H19N3O4/c1-25-16-5-3-2-4-14(16)17(22)21-10-8-20(9-11-21)13-6-7-15(18(23)24)19-12-13/h2-7,12H,8-11H2,1H3,(H,23,24). The second kappa shape index (κ2) is 7.21. The van der Waals surface area contributed by atoms with Crippen LogP contribution in [-0.2, 0) is 0 Å². The fraction of sp³-hybridized carbons (Fsp3) is 0.278. The van der Waals surface area contributed by atoms with E-state index >= 15 is 0 Å². The highest BCUT2D eigenvalue weighted by Crippen LogP contribution is 2.21. The maximum Gasteiger partial charge on any atom is 0.354 e. The molecule has 0 unspecified atom stereocenters. The molecule has 7 heteroatoms. The molecule has 7 nitrogen and oxygen atoms in total. The number of carbonyl (C=O) groups is 2. The number of carbonyl (C=O) groups excluding carboxylic acids is 1. The van der Waals surface area contributed by atoms with Gasteiger partial charge in [-0.05, 0) is 24.3 Å². The highest BCUT2D eigenvalue weighted by atomic mass is 16.5. The minimum atomic E-state index is -1.04.